The molecule has 1 atom stereocenters. The molecule has 0 aliphatic heterocycles. The van der Waals surface area contributed by atoms with Gasteiger partial charge in [-0.1, -0.05) is 0 Å². The van der Waals surface area contributed by atoms with Crippen LogP contribution < -0.4 is 5.32 Å². The van der Waals surface area contributed by atoms with E-state index in [-0.39, 0.29) is 11.3 Å². The van der Waals surface area contributed by atoms with Crippen molar-refractivity contribution in [2.45, 2.75) is 19.1 Å². The minimum absolute atomic E-state index is 0.0139. The number of esters is 1. The molecule has 0 aliphatic carbocycles. The maximum atomic E-state index is 12.3. The van der Waals surface area contributed by atoms with Crippen molar-refractivity contribution >= 4 is 17.7 Å². The van der Waals surface area contributed by atoms with Gasteiger partial charge in [-0.25, -0.2) is 4.79 Å². The molecule has 6 nitrogen and oxygen atoms in total. The molecule has 0 aliphatic rings. The van der Waals surface area contributed by atoms with Gasteiger partial charge in [-0.3, -0.25) is 9.59 Å². The zero-order valence-electron chi connectivity index (χ0n) is 11.4. The first-order valence-corrected chi connectivity index (χ1v) is 5.74. The fourth-order valence-corrected chi connectivity index (χ4v) is 1.48. The van der Waals surface area contributed by atoms with Crippen LogP contribution in [0, 0.1) is 0 Å². The van der Waals surface area contributed by atoms with E-state index in [9.17, 15) is 27.6 Å². The van der Waals surface area contributed by atoms with E-state index in [0.29, 0.717) is 0 Å². The van der Waals surface area contributed by atoms with Crippen LogP contribution in [0.4, 0.5) is 13.2 Å². The van der Waals surface area contributed by atoms with Gasteiger partial charge in [0.1, 0.15) is 6.04 Å². The molecule has 0 unspecified atom stereocenters. The summed E-state index contributed by atoms with van der Waals surface area (Å²) in [7, 11) is 2.51. The lowest BCUT2D eigenvalue weighted by atomic mass is 10.2. The summed E-state index contributed by atoms with van der Waals surface area (Å²) in [6.45, 7) is 0.718. The van der Waals surface area contributed by atoms with Crippen molar-refractivity contribution in [3.8, 4) is 0 Å². The highest BCUT2D eigenvalue weighted by atomic mass is 19.4. The van der Waals surface area contributed by atoms with Gasteiger partial charge in [-0.15, -0.1) is 0 Å². The van der Waals surface area contributed by atoms with Crippen LogP contribution >= 0.6 is 0 Å². The summed E-state index contributed by atoms with van der Waals surface area (Å²) in [6, 6.07) is -1.08. The molecule has 1 aromatic rings. The van der Waals surface area contributed by atoms with Crippen LogP contribution in [0.15, 0.2) is 12.3 Å². The molecular weight excluding hydrogens is 293 g/mol. The molecule has 0 bridgehead atoms. The minimum atomic E-state index is -4.65. The highest BCUT2D eigenvalue weighted by Crippen LogP contribution is 2.19. The summed E-state index contributed by atoms with van der Waals surface area (Å²) >= 11 is 0. The van der Waals surface area contributed by atoms with E-state index < -0.39 is 29.9 Å². The molecule has 1 amide bonds. The predicted octanol–water partition coefficient (Wildman–Crippen LogP) is 1.06. The average molecular weight is 306 g/mol. The second-order valence-corrected chi connectivity index (χ2v) is 4.28. The fourth-order valence-electron chi connectivity index (χ4n) is 1.48. The van der Waals surface area contributed by atoms with Gasteiger partial charge in [-0.05, 0) is 13.0 Å². The highest BCUT2D eigenvalue weighted by Gasteiger charge is 2.38. The van der Waals surface area contributed by atoms with Crippen LogP contribution in [0.5, 0.6) is 0 Å². The SMILES string of the molecule is COC(=O)c1cc(C(=O)C(=O)N[C@@H](C)C(F)(F)F)n(C)c1. The molecule has 1 rings (SSSR count). The van der Waals surface area contributed by atoms with Gasteiger partial charge in [0.15, 0.2) is 0 Å². The first-order valence-electron chi connectivity index (χ1n) is 5.74. The molecule has 0 fully saturated rings. The first kappa shape index (κ1) is 16.7. The number of halogens is 3. The number of amides is 1. The number of alkyl halides is 3. The Morgan fingerprint density at radius 3 is 2.38 bits per heavy atom. The molecular formula is C12H13F3N2O4. The van der Waals surface area contributed by atoms with Crippen LogP contribution in [0.2, 0.25) is 0 Å². The number of nitrogens with one attached hydrogen (secondary N) is 1. The molecule has 0 radical (unpaired) electrons. The summed E-state index contributed by atoms with van der Waals surface area (Å²) in [6.07, 6.45) is -3.42. The summed E-state index contributed by atoms with van der Waals surface area (Å²) in [4.78, 5) is 34.6. The van der Waals surface area contributed by atoms with Gasteiger partial charge in [0.05, 0.1) is 18.4 Å². The van der Waals surface area contributed by atoms with E-state index in [2.05, 4.69) is 4.74 Å². The lowest BCUT2D eigenvalue weighted by Crippen LogP contribution is -2.46. The molecule has 1 aromatic heterocycles. The molecule has 21 heavy (non-hydrogen) atoms. The predicted molar refractivity (Wildman–Crippen MR) is 64.7 cm³/mol. The average Bonchev–Trinajstić information content (AvgIpc) is 2.77. The summed E-state index contributed by atoms with van der Waals surface area (Å²) in [5, 5.41) is 1.55. The van der Waals surface area contributed by atoms with E-state index in [1.807, 2.05) is 0 Å². The monoisotopic (exact) mass is 306 g/mol. The third-order valence-electron chi connectivity index (χ3n) is 2.70. The molecule has 0 saturated heterocycles. The van der Waals surface area contributed by atoms with Gasteiger partial charge >= 0.3 is 12.1 Å². The van der Waals surface area contributed by atoms with Crippen molar-refractivity contribution in [1.82, 2.24) is 9.88 Å². The van der Waals surface area contributed by atoms with Crippen molar-refractivity contribution in [2.24, 2.45) is 7.05 Å². The standard InChI is InChI=1S/C12H13F3N2O4/c1-6(12(13,14)15)16-10(19)9(18)8-4-7(5-17(8)2)11(20)21-3/h4-6H,1-3H3,(H,16,19)/t6-/m0/s1. The summed E-state index contributed by atoms with van der Waals surface area (Å²) in [5.74, 6) is -3.31. The van der Waals surface area contributed by atoms with Crippen LogP contribution in [0.3, 0.4) is 0 Å². The van der Waals surface area contributed by atoms with Crippen LogP contribution in [-0.4, -0.2) is 41.6 Å². The second-order valence-electron chi connectivity index (χ2n) is 4.28. The Hall–Kier alpha value is -2.32. The number of hydrogen-bond acceptors (Lipinski definition) is 4. The summed E-state index contributed by atoms with van der Waals surface area (Å²) in [5.41, 5.74) is -0.206. The topological polar surface area (TPSA) is 77.4 Å². The van der Waals surface area contributed by atoms with Gasteiger partial charge in [0.2, 0.25) is 0 Å². The first-order chi connectivity index (χ1) is 9.57. The number of Topliss-reactive ketones (excluding diaryl/α,β-unsaturated/α-hetero) is 1. The number of carbonyl (C=O) groups is 3. The number of aromatic nitrogens is 1. The maximum Gasteiger partial charge on any atom is 0.408 e. The van der Waals surface area contributed by atoms with E-state index in [4.69, 9.17) is 0 Å². The van der Waals surface area contributed by atoms with Gasteiger partial charge in [0, 0.05) is 13.2 Å². The lowest BCUT2D eigenvalue weighted by molar-refractivity contribution is -0.156. The Morgan fingerprint density at radius 2 is 1.90 bits per heavy atom. The zero-order chi connectivity index (χ0) is 16.4. The Kier molecular flexibility index (Phi) is 4.77. The van der Waals surface area contributed by atoms with Crippen molar-refractivity contribution < 1.29 is 32.3 Å². The Balaban J connectivity index is 2.91. The molecule has 1 N–H and O–H groups in total. The molecule has 0 aromatic carbocycles. The smallest absolute Gasteiger partial charge is 0.408 e. The van der Waals surface area contributed by atoms with Crippen LogP contribution in [0.1, 0.15) is 27.8 Å². The number of ketones is 1. The van der Waals surface area contributed by atoms with E-state index in [1.54, 1.807) is 5.32 Å². The number of rotatable bonds is 4. The minimum Gasteiger partial charge on any atom is -0.465 e. The lowest BCUT2D eigenvalue weighted by Gasteiger charge is -2.16. The number of hydrogen-bond donors (Lipinski definition) is 1. The van der Waals surface area contributed by atoms with Crippen molar-refractivity contribution in [2.75, 3.05) is 7.11 Å². The second kappa shape index (κ2) is 5.98. The zero-order valence-corrected chi connectivity index (χ0v) is 11.4. The number of nitrogens with zero attached hydrogens (tertiary/aromatic N) is 1. The quantitative estimate of drug-likeness (QED) is 0.512. The number of ether oxygens (including phenoxy) is 1. The summed E-state index contributed by atoms with van der Waals surface area (Å²) < 4.78 is 42.6. The number of aryl methyl sites for hydroxylation is 1. The van der Waals surface area contributed by atoms with E-state index >= 15 is 0 Å². The Morgan fingerprint density at radius 1 is 1.33 bits per heavy atom. The maximum absolute atomic E-state index is 12.3. The largest absolute Gasteiger partial charge is 0.465 e. The van der Waals surface area contributed by atoms with Crippen LogP contribution in [0.25, 0.3) is 0 Å². The Bertz CT molecular complexity index is 578. The van der Waals surface area contributed by atoms with Gasteiger partial charge < -0.3 is 14.6 Å². The van der Waals surface area contributed by atoms with Crippen molar-refractivity contribution in [3.63, 3.8) is 0 Å². The van der Waals surface area contributed by atoms with Gasteiger partial charge in [0.25, 0.3) is 11.7 Å². The highest BCUT2D eigenvalue weighted by molar-refractivity contribution is 6.42. The van der Waals surface area contributed by atoms with E-state index in [0.717, 1.165) is 24.7 Å². The normalized spacial score (nSPS) is 12.7. The molecule has 116 valence electrons. The Labute approximate surface area is 117 Å². The van der Waals surface area contributed by atoms with Crippen LogP contribution in [-0.2, 0) is 16.6 Å². The van der Waals surface area contributed by atoms with Crippen molar-refractivity contribution in [3.05, 3.63) is 23.5 Å². The fraction of sp³-hybridized carbons (Fsp3) is 0.417. The molecule has 1 heterocycles. The molecule has 0 saturated carbocycles. The van der Waals surface area contributed by atoms with E-state index in [1.165, 1.54) is 13.2 Å². The van der Waals surface area contributed by atoms with Gasteiger partial charge in [-0.2, -0.15) is 13.2 Å². The molecule has 9 heteroatoms. The van der Waals surface area contributed by atoms with Crippen molar-refractivity contribution in [1.29, 1.82) is 0 Å². The third-order valence-corrected chi connectivity index (χ3v) is 2.70. The third kappa shape index (κ3) is 3.83. The number of carbonyl (C=O) groups excluding carboxylic acids is 3. The number of methoxy groups -OCH3 is 1. The molecule has 0 spiro atoms.